The van der Waals surface area contributed by atoms with Crippen molar-refractivity contribution in [3.63, 3.8) is 0 Å². The van der Waals surface area contributed by atoms with Crippen LogP contribution in [0.15, 0.2) is 24.3 Å². The highest BCUT2D eigenvalue weighted by molar-refractivity contribution is 9.10. The molecule has 0 fully saturated rings. The monoisotopic (exact) mass is 383 g/mol. The number of aryl methyl sites for hydroxylation is 1. The van der Waals surface area contributed by atoms with Crippen molar-refractivity contribution in [2.24, 2.45) is 0 Å². The van der Waals surface area contributed by atoms with E-state index in [1.165, 1.54) is 0 Å². The van der Waals surface area contributed by atoms with Crippen LogP contribution < -0.4 is 4.74 Å². The van der Waals surface area contributed by atoms with Crippen LogP contribution in [-0.2, 0) is 4.79 Å². The van der Waals surface area contributed by atoms with E-state index in [4.69, 9.17) is 11.2 Å². The molecule has 0 saturated carbocycles. The Morgan fingerprint density at radius 3 is 2.87 bits per heavy atom. The molecule has 1 heterocycles. The van der Waals surface area contributed by atoms with Crippen LogP contribution in [0, 0.1) is 19.3 Å². The van der Waals surface area contributed by atoms with Crippen molar-refractivity contribution >= 4 is 27.5 Å². The van der Waals surface area contributed by atoms with E-state index in [9.17, 15) is 13.6 Å². The lowest BCUT2D eigenvalue weighted by Gasteiger charge is -2.32. The molecule has 0 spiro atoms. The molecule has 1 aliphatic rings. The smallest absolute Gasteiger partial charge is 0.256 e. The quantitative estimate of drug-likeness (QED) is 0.574. The number of terminal acetylenes is 1. The number of hydrogen-bond donors (Lipinski definition) is 0. The minimum absolute atomic E-state index is 0.155. The minimum atomic E-state index is -2.60. The third-order valence-corrected chi connectivity index (χ3v) is 4.22. The number of amides is 1. The summed E-state index contributed by atoms with van der Waals surface area (Å²) >= 11 is 3.22. The Bertz CT molecular complexity index is 667. The Balaban J connectivity index is 2.34. The number of rotatable bonds is 5. The van der Waals surface area contributed by atoms with Gasteiger partial charge < -0.3 is 9.64 Å². The van der Waals surface area contributed by atoms with Gasteiger partial charge in [-0.1, -0.05) is 27.9 Å². The number of carbonyl (C=O) groups excluding carboxylic acids is 1. The van der Waals surface area contributed by atoms with Gasteiger partial charge in [-0.15, -0.1) is 6.42 Å². The lowest BCUT2D eigenvalue weighted by molar-refractivity contribution is -0.129. The highest BCUT2D eigenvalue weighted by Gasteiger charge is 2.31. The molecule has 0 saturated heterocycles. The predicted octanol–water partition coefficient (Wildman–Crippen LogP) is 3.61. The van der Waals surface area contributed by atoms with E-state index in [0.29, 0.717) is 17.9 Å². The number of carbonyl (C=O) groups is 1. The molecule has 1 aromatic rings. The fraction of sp³-hybridized carbons (Fsp3) is 0.353. The summed E-state index contributed by atoms with van der Waals surface area (Å²) in [6.07, 6.45) is 4.81. The molecule has 1 atom stereocenters. The SMILES string of the molecule is C#CCOc1ccc(C2=CCC(Br)C(=O)N2CC(F)F)c(C)c1. The molecule has 0 radical (unpaired) electrons. The number of benzene rings is 1. The zero-order chi connectivity index (χ0) is 17.0. The molecule has 2 rings (SSSR count). The van der Waals surface area contributed by atoms with Gasteiger partial charge in [-0.2, -0.15) is 0 Å². The minimum Gasteiger partial charge on any atom is -0.481 e. The fourth-order valence-corrected chi connectivity index (χ4v) is 2.87. The van der Waals surface area contributed by atoms with Gasteiger partial charge in [-0.25, -0.2) is 8.78 Å². The third kappa shape index (κ3) is 4.11. The fourth-order valence-electron chi connectivity index (χ4n) is 2.43. The zero-order valence-electron chi connectivity index (χ0n) is 12.6. The normalized spacial score (nSPS) is 17.9. The molecule has 1 unspecified atom stereocenters. The molecule has 23 heavy (non-hydrogen) atoms. The Labute approximate surface area is 142 Å². The molecule has 0 N–H and O–H groups in total. The maximum absolute atomic E-state index is 12.8. The Morgan fingerprint density at radius 2 is 2.26 bits per heavy atom. The standard InChI is InChI=1S/C17H16BrF2NO2/c1-3-8-23-12-4-5-13(11(2)9-12)15-7-6-14(18)17(22)21(15)10-16(19)20/h1,4-5,7,9,14,16H,6,8,10H2,2H3. The van der Waals surface area contributed by atoms with Crippen LogP contribution >= 0.6 is 15.9 Å². The molecule has 1 amide bonds. The van der Waals surface area contributed by atoms with E-state index < -0.39 is 17.8 Å². The lowest BCUT2D eigenvalue weighted by atomic mass is 10.00. The van der Waals surface area contributed by atoms with Crippen molar-refractivity contribution in [2.75, 3.05) is 13.2 Å². The number of hydrogen-bond acceptors (Lipinski definition) is 2. The van der Waals surface area contributed by atoms with Gasteiger partial charge >= 0.3 is 0 Å². The number of ether oxygens (including phenoxy) is 1. The van der Waals surface area contributed by atoms with Gasteiger partial charge in [-0.05, 0) is 37.1 Å². The Hall–Kier alpha value is -1.87. The van der Waals surface area contributed by atoms with Crippen molar-refractivity contribution in [3.8, 4) is 18.1 Å². The van der Waals surface area contributed by atoms with Crippen LogP contribution in [0.25, 0.3) is 5.70 Å². The number of allylic oxidation sites excluding steroid dienone is 1. The van der Waals surface area contributed by atoms with E-state index in [1.807, 2.05) is 6.92 Å². The molecule has 6 heteroatoms. The van der Waals surface area contributed by atoms with E-state index >= 15 is 0 Å². The number of halogens is 3. The second kappa shape index (κ2) is 7.60. The maximum atomic E-state index is 12.8. The topological polar surface area (TPSA) is 29.5 Å². The van der Waals surface area contributed by atoms with Crippen molar-refractivity contribution in [3.05, 3.63) is 35.4 Å². The van der Waals surface area contributed by atoms with Crippen molar-refractivity contribution < 1.29 is 18.3 Å². The summed E-state index contributed by atoms with van der Waals surface area (Å²) in [5, 5.41) is 0. The van der Waals surface area contributed by atoms with Gasteiger partial charge in [0.25, 0.3) is 6.43 Å². The van der Waals surface area contributed by atoms with Crippen LogP contribution in [0.5, 0.6) is 5.75 Å². The van der Waals surface area contributed by atoms with Crippen LogP contribution in [0.4, 0.5) is 8.78 Å². The highest BCUT2D eigenvalue weighted by atomic mass is 79.9. The van der Waals surface area contributed by atoms with Crippen LogP contribution in [0.2, 0.25) is 0 Å². The first-order valence-corrected chi connectivity index (χ1v) is 7.96. The largest absolute Gasteiger partial charge is 0.481 e. The Kier molecular flexibility index (Phi) is 5.78. The van der Waals surface area contributed by atoms with Gasteiger partial charge in [0.05, 0.1) is 11.4 Å². The van der Waals surface area contributed by atoms with Crippen molar-refractivity contribution in [1.82, 2.24) is 4.90 Å². The van der Waals surface area contributed by atoms with E-state index in [1.54, 1.807) is 24.3 Å². The average Bonchev–Trinajstić information content (AvgIpc) is 2.50. The highest BCUT2D eigenvalue weighted by Crippen LogP contribution is 2.32. The maximum Gasteiger partial charge on any atom is 0.256 e. The lowest BCUT2D eigenvalue weighted by Crippen LogP contribution is -2.41. The first-order chi connectivity index (χ1) is 10.9. The first-order valence-electron chi connectivity index (χ1n) is 7.05. The summed E-state index contributed by atoms with van der Waals surface area (Å²) in [6, 6.07) is 5.25. The molecule has 0 aromatic heterocycles. The van der Waals surface area contributed by atoms with Gasteiger partial charge in [0.2, 0.25) is 5.91 Å². The van der Waals surface area contributed by atoms with Crippen LogP contribution in [-0.4, -0.2) is 35.2 Å². The summed E-state index contributed by atoms with van der Waals surface area (Å²) in [7, 11) is 0. The molecule has 0 bridgehead atoms. The predicted molar refractivity (Wildman–Crippen MR) is 88.5 cm³/mol. The van der Waals surface area contributed by atoms with E-state index in [0.717, 1.165) is 16.0 Å². The van der Waals surface area contributed by atoms with E-state index in [-0.39, 0.29) is 12.5 Å². The molecule has 0 aliphatic carbocycles. The van der Waals surface area contributed by atoms with E-state index in [2.05, 4.69) is 21.9 Å². The number of nitrogens with zero attached hydrogens (tertiary/aromatic N) is 1. The molecule has 122 valence electrons. The summed E-state index contributed by atoms with van der Waals surface area (Å²) in [5.74, 6) is 2.63. The third-order valence-electron chi connectivity index (χ3n) is 3.46. The van der Waals surface area contributed by atoms with Gasteiger partial charge in [-0.3, -0.25) is 4.79 Å². The summed E-state index contributed by atoms with van der Waals surface area (Å²) in [4.78, 5) is 12.9. The van der Waals surface area contributed by atoms with Crippen molar-refractivity contribution in [1.29, 1.82) is 0 Å². The zero-order valence-corrected chi connectivity index (χ0v) is 14.1. The van der Waals surface area contributed by atoms with Crippen LogP contribution in [0.3, 0.4) is 0 Å². The Morgan fingerprint density at radius 1 is 1.52 bits per heavy atom. The van der Waals surface area contributed by atoms with Crippen molar-refractivity contribution in [2.45, 2.75) is 24.6 Å². The number of alkyl halides is 3. The van der Waals surface area contributed by atoms with Gasteiger partial charge in [0, 0.05) is 11.3 Å². The summed E-state index contributed by atoms with van der Waals surface area (Å²) in [5.41, 5.74) is 2.06. The molecule has 3 nitrogen and oxygen atoms in total. The van der Waals surface area contributed by atoms with Gasteiger partial charge in [0.1, 0.15) is 12.4 Å². The second-order valence-corrected chi connectivity index (χ2v) is 6.21. The molecular weight excluding hydrogens is 368 g/mol. The summed E-state index contributed by atoms with van der Waals surface area (Å²) in [6.45, 7) is 1.37. The average molecular weight is 384 g/mol. The second-order valence-electron chi connectivity index (χ2n) is 5.10. The molecular formula is C17H16BrF2NO2. The van der Waals surface area contributed by atoms with Crippen LogP contribution in [0.1, 0.15) is 17.5 Å². The molecule has 1 aromatic carbocycles. The first kappa shape index (κ1) is 17.5. The van der Waals surface area contributed by atoms with Gasteiger partial charge in [0.15, 0.2) is 0 Å². The molecule has 1 aliphatic heterocycles. The summed E-state index contributed by atoms with van der Waals surface area (Å²) < 4.78 is 31.0.